The second kappa shape index (κ2) is 5.65. The van der Waals surface area contributed by atoms with Crippen molar-refractivity contribution in [1.82, 2.24) is 10.2 Å². The maximum Gasteiger partial charge on any atom is 0.322 e. The van der Waals surface area contributed by atoms with Gasteiger partial charge < -0.3 is 10.4 Å². The highest BCUT2D eigenvalue weighted by Gasteiger charge is 2.28. The number of hydrogen-bond acceptors (Lipinski definition) is 3. The van der Waals surface area contributed by atoms with Crippen molar-refractivity contribution >= 4 is 17.6 Å². The van der Waals surface area contributed by atoms with Crippen LogP contribution in [0.25, 0.3) is 0 Å². The number of rotatable bonds is 3. The molecule has 1 saturated heterocycles. The predicted molar refractivity (Wildman–Crippen MR) is 66.1 cm³/mol. The molecule has 0 aliphatic carbocycles. The van der Waals surface area contributed by atoms with Gasteiger partial charge in [-0.1, -0.05) is 17.7 Å². The number of nitrogens with zero attached hydrogens (tertiary/aromatic N) is 1. The zero-order valence-electron chi connectivity index (χ0n) is 9.70. The maximum atomic E-state index is 13.7. The molecule has 0 amide bonds. The number of piperazine rings is 1. The molecule has 18 heavy (non-hydrogen) atoms. The minimum absolute atomic E-state index is 0.279. The molecule has 1 aromatic carbocycles. The molecule has 6 heteroatoms. The van der Waals surface area contributed by atoms with E-state index in [1.54, 1.807) is 17.0 Å². The van der Waals surface area contributed by atoms with Gasteiger partial charge in [0.2, 0.25) is 0 Å². The molecule has 98 valence electrons. The van der Waals surface area contributed by atoms with Crippen LogP contribution in [0, 0.1) is 5.82 Å². The van der Waals surface area contributed by atoms with Gasteiger partial charge in [-0.25, -0.2) is 4.39 Å². The largest absolute Gasteiger partial charge is 0.480 e. The van der Waals surface area contributed by atoms with Crippen molar-refractivity contribution < 1.29 is 14.3 Å². The summed E-state index contributed by atoms with van der Waals surface area (Å²) in [5, 5.41) is 12.5. The average Bonchev–Trinajstić information content (AvgIpc) is 2.33. The molecule has 2 rings (SSSR count). The van der Waals surface area contributed by atoms with Crippen LogP contribution in [0.2, 0.25) is 5.02 Å². The zero-order valence-corrected chi connectivity index (χ0v) is 10.5. The van der Waals surface area contributed by atoms with Crippen LogP contribution >= 0.6 is 11.6 Å². The Morgan fingerprint density at radius 3 is 3.06 bits per heavy atom. The lowest BCUT2D eigenvalue weighted by molar-refractivity contribution is -0.144. The van der Waals surface area contributed by atoms with E-state index in [1.165, 1.54) is 6.07 Å². The number of carboxylic acid groups (broad SMARTS) is 1. The van der Waals surface area contributed by atoms with Gasteiger partial charge in [0.1, 0.15) is 11.9 Å². The van der Waals surface area contributed by atoms with Crippen molar-refractivity contribution in [1.29, 1.82) is 0 Å². The van der Waals surface area contributed by atoms with E-state index in [2.05, 4.69) is 5.32 Å². The Balaban J connectivity index is 2.13. The molecule has 4 nitrogen and oxygen atoms in total. The van der Waals surface area contributed by atoms with Crippen LogP contribution in [0.1, 0.15) is 5.56 Å². The van der Waals surface area contributed by atoms with E-state index < -0.39 is 17.8 Å². The number of benzene rings is 1. The first kappa shape index (κ1) is 13.3. The number of halogens is 2. The fraction of sp³-hybridized carbons (Fsp3) is 0.417. The third-order valence-electron chi connectivity index (χ3n) is 3.03. The van der Waals surface area contributed by atoms with E-state index in [1.807, 2.05) is 0 Å². The second-order valence-corrected chi connectivity index (χ2v) is 4.70. The summed E-state index contributed by atoms with van der Waals surface area (Å²) in [5.74, 6) is -1.29. The van der Waals surface area contributed by atoms with Crippen LogP contribution in [0.5, 0.6) is 0 Å². The molecular formula is C12H14ClFN2O2. The summed E-state index contributed by atoms with van der Waals surface area (Å²) < 4.78 is 13.7. The van der Waals surface area contributed by atoms with Gasteiger partial charge in [0.05, 0.1) is 0 Å². The van der Waals surface area contributed by atoms with E-state index in [4.69, 9.17) is 16.7 Å². The molecular weight excluding hydrogens is 259 g/mol. The van der Waals surface area contributed by atoms with Crippen LogP contribution in [0.3, 0.4) is 0 Å². The van der Waals surface area contributed by atoms with E-state index in [0.717, 1.165) is 0 Å². The van der Waals surface area contributed by atoms with Crippen LogP contribution < -0.4 is 5.32 Å². The summed E-state index contributed by atoms with van der Waals surface area (Å²) in [7, 11) is 0. The lowest BCUT2D eigenvalue weighted by atomic mass is 10.1. The highest BCUT2D eigenvalue weighted by Crippen LogP contribution is 2.18. The molecule has 1 aromatic rings. The minimum atomic E-state index is -0.892. The molecule has 1 aliphatic rings. The standard InChI is InChI=1S/C12H14ClFN2O2/c13-9-2-1-8(10(14)5-9)7-16-4-3-15-6-11(16)12(17)18/h1-2,5,11,15H,3-4,6-7H2,(H,17,18). The average molecular weight is 273 g/mol. The summed E-state index contributed by atoms with van der Waals surface area (Å²) in [6.07, 6.45) is 0. The quantitative estimate of drug-likeness (QED) is 0.872. The highest BCUT2D eigenvalue weighted by molar-refractivity contribution is 6.30. The molecule has 0 bridgehead atoms. The summed E-state index contributed by atoms with van der Waals surface area (Å²) in [6.45, 7) is 1.95. The molecule has 2 N–H and O–H groups in total. The Hall–Kier alpha value is -1.17. The van der Waals surface area contributed by atoms with Crippen LogP contribution in [0.15, 0.2) is 18.2 Å². The minimum Gasteiger partial charge on any atom is -0.480 e. The van der Waals surface area contributed by atoms with Gasteiger partial charge in [0.15, 0.2) is 0 Å². The number of nitrogens with one attached hydrogen (secondary N) is 1. The van der Waals surface area contributed by atoms with Crippen LogP contribution in [-0.2, 0) is 11.3 Å². The lowest BCUT2D eigenvalue weighted by Gasteiger charge is -2.33. The van der Waals surface area contributed by atoms with Gasteiger partial charge in [-0.2, -0.15) is 0 Å². The van der Waals surface area contributed by atoms with E-state index in [9.17, 15) is 9.18 Å². The summed E-state index contributed by atoms with van der Waals surface area (Å²) in [5.41, 5.74) is 0.465. The third-order valence-corrected chi connectivity index (χ3v) is 3.26. The van der Waals surface area contributed by atoms with E-state index in [-0.39, 0.29) is 6.54 Å². The Labute approximate surface area is 109 Å². The second-order valence-electron chi connectivity index (χ2n) is 4.26. The van der Waals surface area contributed by atoms with E-state index in [0.29, 0.717) is 30.2 Å². The van der Waals surface area contributed by atoms with Gasteiger partial charge in [-0.15, -0.1) is 0 Å². The molecule has 1 aliphatic heterocycles. The molecule has 0 spiro atoms. The monoisotopic (exact) mass is 272 g/mol. The van der Waals surface area contributed by atoms with Gasteiger partial charge >= 0.3 is 5.97 Å². The van der Waals surface area contributed by atoms with Gasteiger partial charge in [-0.3, -0.25) is 9.69 Å². The van der Waals surface area contributed by atoms with Crippen molar-refractivity contribution in [2.75, 3.05) is 19.6 Å². The predicted octanol–water partition coefficient (Wildman–Crippen LogP) is 1.34. The van der Waals surface area contributed by atoms with Crippen molar-refractivity contribution in [3.05, 3.63) is 34.6 Å². The van der Waals surface area contributed by atoms with Crippen molar-refractivity contribution in [3.8, 4) is 0 Å². The number of hydrogen-bond donors (Lipinski definition) is 2. The summed E-state index contributed by atoms with van der Waals surface area (Å²) >= 11 is 5.68. The van der Waals surface area contributed by atoms with Gasteiger partial charge in [-0.05, 0) is 12.1 Å². The summed E-state index contributed by atoms with van der Waals surface area (Å²) in [6, 6.07) is 3.83. The molecule has 1 heterocycles. The van der Waals surface area contributed by atoms with Gasteiger partial charge in [0.25, 0.3) is 0 Å². The first-order valence-electron chi connectivity index (χ1n) is 5.69. The topological polar surface area (TPSA) is 52.6 Å². The third kappa shape index (κ3) is 2.98. The maximum absolute atomic E-state index is 13.7. The normalized spacial score (nSPS) is 20.9. The fourth-order valence-corrected chi connectivity index (χ4v) is 2.21. The molecule has 1 fully saturated rings. The number of aliphatic carboxylic acids is 1. The lowest BCUT2D eigenvalue weighted by Crippen LogP contribution is -2.54. The smallest absolute Gasteiger partial charge is 0.322 e. The van der Waals surface area contributed by atoms with Crippen molar-refractivity contribution in [2.45, 2.75) is 12.6 Å². The van der Waals surface area contributed by atoms with E-state index >= 15 is 0 Å². The Morgan fingerprint density at radius 1 is 1.61 bits per heavy atom. The zero-order chi connectivity index (χ0) is 13.1. The van der Waals surface area contributed by atoms with Gasteiger partial charge in [0, 0.05) is 36.8 Å². The van der Waals surface area contributed by atoms with Crippen LogP contribution in [-0.4, -0.2) is 41.7 Å². The Kier molecular flexibility index (Phi) is 4.16. The van der Waals surface area contributed by atoms with Crippen LogP contribution in [0.4, 0.5) is 4.39 Å². The molecule has 1 unspecified atom stereocenters. The molecule has 0 aromatic heterocycles. The van der Waals surface area contributed by atoms with Crippen molar-refractivity contribution in [2.24, 2.45) is 0 Å². The van der Waals surface area contributed by atoms with Crippen molar-refractivity contribution in [3.63, 3.8) is 0 Å². The molecule has 1 atom stereocenters. The molecule has 0 saturated carbocycles. The number of carboxylic acids is 1. The first-order valence-corrected chi connectivity index (χ1v) is 6.07. The SMILES string of the molecule is O=C(O)C1CNCCN1Cc1ccc(Cl)cc1F. The number of carbonyl (C=O) groups is 1. The Morgan fingerprint density at radius 2 is 2.39 bits per heavy atom. The summed E-state index contributed by atoms with van der Waals surface area (Å²) in [4.78, 5) is 12.9. The fourth-order valence-electron chi connectivity index (χ4n) is 2.05. The highest BCUT2D eigenvalue weighted by atomic mass is 35.5. The Bertz CT molecular complexity index is 456. The first-order chi connectivity index (χ1) is 8.58. The molecule has 0 radical (unpaired) electrons.